The lowest BCUT2D eigenvalue weighted by Gasteiger charge is -2.34. The van der Waals surface area contributed by atoms with Crippen LogP contribution in [0.5, 0.6) is 0 Å². The Morgan fingerprint density at radius 2 is 1.81 bits per heavy atom. The second kappa shape index (κ2) is 8.83. The third-order valence-electron chi connectivity index (χ3n) is 5.29. The van der Waals surface area contributed by atoms with E-state index in [1.165, 1.54) is 0 Å². The summed E-state index contributed by atoms with van der Waals surface area (Å²) in [5.41, 5.74) is -0.675. The van der Waals surface area contributed by atoms with Gasteiger partial charge in [0, 0.05) is 17.8 Å². The summed E-state index contributed by atoms with van der Waals surface area (Å²) in [6.07, 6.45) is 5.28. The van der Waals surface area contributed by atoms with Gasteiger partial charge in [0.2, 0.25) is 5.91 Å². The standard InChI is InChI=1S/C21H35NO4/c1-7-15(14-9-10-14)17(23)12-11-16(18(24)25)22-19(26)21(6,8-2)13-20(3,4)5/h7,14-16H,1,8-13H2,2-6H3,(H,22,26)(H,24,25). The van der Waals surface area contributed by atoms with Gasteiger partial charge in [-0.15, -0.1) is 6.58 Å². The lowest BCUT2D eigenvalue weighted by atomic mass is 9.72. The first-order valence-electron chi connectivity index (χ1n) is 9.62. The van der Waals surface area contributed by atoms with E-state index < -0.39 is 17.4 Å². The number of hydrogen-bond acceptors (Lipinski definition) is 3. The Balaban J connectivity index is 2.71. The first kappa shape index (κ1) is 22.4. The maximum Gasteiger partial charge on any atom is 0.326 e. The molecule has 0 heterocycles. The number of ketones is 1. The molecule has 1 aliphatic carbocycles. The zero-order valence-corrected chi connectivity index (χ0v) is 16.9. The molecule has 2 N–H and O–H groups in total. The highest BCUT2D eigenvalue weighted by Crippen LogP contribution is 2.39. The van der Waals surface area contributed by atoms with Crippen molar-refractivity contribution in [2.45, 2.75) is 79.2 Å². The second-order valence-electron chi connectivity index (χ2n) is 9.12. The quantitative estimate of drug-likeness (QED) is 0.543. The van der Waals surface area contributed by atoms with Crippen molar-refractivity contribution < 1.29 is 19.5 Å². The summed E-state index contributed by atoms with van der Waals surface area (Å²) < 4.78 is 0. The molecule has 0 bridgehead atoms. The Morgan fingerprint density at radius 1 is 1.23 bits per heavy atom. The van der Waals surface area contributed by atoms with Crippen LogP contribution < -0.4 is 5.32 Å². The van der Waals surface area contributed by atoms with Crippen molar-refractivity contribution in [1.29, 1.82) is 0 Å². The number of rotatable bonds is 11. The molecule has 0 aromatic carbocycles. The number of allylic oxidation sites excluding steroid dienone is 1. The first-order chi connectivity index (χ1) is 11.9. The fourth-order valence-electron chi connectivity index (χ4n) is 3.62. The topological polar surface area (TPSA) is 83.5 Å². The molecule has 3 unspecified atom stereocenters. The highest BCUT2D eigenvalue weighted by molar-refractivity contribution is 5.88. The number of carboxylic acids is 1. The largest absolute Gasteiger partial charge is 0.480 e. The van der Waals surface area contributed by atoms with Gasteiger partial charge in [-0.25, -0.2) is 4.79 Å². The summed E-state index contributed by atoms with van der Waals surface area (Å²) in [6, 6.07) is -1.04. The number of Topliss-reactive ketones (excluding diaryl/α,β-unsaturated/α-hetero) is 1. The van der Waals surface area contributed by atoms with Crippen molar-refractivity contribution in [3.8, 4) is 0 Å². The van der Waals surface area contributed by atoms with Crippen molar-refractivity contribution in [2.75, 3.05) is 0 Å². The van der Waals surface area contributed by atoms with E-state index >= 15 is 0 Å². The van der Waals surface area contributed by atoms with E-state index in [0.29, 0.717) is 18.8 Å². The van der Waals surface area contributed by atoms with Gasteiger partial charge in [0.1, 0.15) is 11.8 Å². The molecule has 0 aromatic rings. The zero-order chi connectivity index (χ0) is 20.1. The Morgan fingerprint density at radius 3 is 2.19 bits per heavy atom. The minimum atomic E-state index is -1.10. The SMILES string of the molecule is C=CC(C(=O)CCC(NC(=O)C(C)(CC)CC(C)(C)C)C(=O)O)C1CC1. The lowest BCUT2D eigenvalue weighted by Crippen LogP contribution is -2.48. The summed E-state index contributed by atoms with van der Waals surface area (Å²) in [4.78, 5) is 36.7. The average Bonchev–Trinajstić information content (AvgIpc) is 3.34. The van der Waals surface area contributed by atoms with Crippen molar-refractivity contribution >= 4 is 17.7 Å². The molecule has 1 rings (SSSR count). The molecule has 3 atom stereocenters. The van der Waals surface area contributed by atoms with Crippen LogP contribution in [0.25, 0.3) is 0 Å². The third-order valence-corrected chi connectivity index (χ3v) is 5.29. The number of carboxylic acid groups (broad SMARTS) is 1. The number of carbonyl (C=O) groups is 3. The maximum atomic E-state index is 12.8. The lowest BCUT2D eigenvalue weighted by molar-refractivity contribution is -0.144. The highest BCUT2D eigenvalue weighted by Gasteiger charge is 2.38. The van der Waals surface area contributed by atoms with Gasteiger partial charge in [-0.2, -0.15) is 0 Å². The average molecular weight is 366 g/mol. The van der Waals surface area contributed by atoms with Crippen molar-refractivity contribution in [3.63, 3.8) is 0 Å². The van der Waals surface area contributed by atoms with Crippen molar-refractivity contribution in [3.05, 3.63) is 12.7 Å². The summed E-state index contributed by atoms with van der Waals surface area (Å²) >= 11 is 0. The van der Waals surface area contributed by atoms with Gasteiger partial charge < -0.3 is 10.4 Å². The Labute approximate surface area is 157 Å². The minimum Gasteiger partial charge on any atom is -0.480 e. The van der Waals surface area contributed by atoms with Gasteiger partial charge >= 0.3 is 5.97 Å². The number of hydrogen-bond donors (Lipinski definition) is 2. The van der Waals surface area contributed by atoms with Gasteiger partial charge in [-0.3, -0.25) is 9.59 Å². The molecule has 0 spiro atoms. The molecule has 0 aromatic heterocycles. The first-order valence-corrected chi connectivity index (χ1v) is 9.62. The fraction of sp³-hybridized carbons (Fsp3) is 0.762. The molecular formula is C21H35NO4. The van der Waals surface area contributed by atoms with E-state index in [-0.39, 0.29) is 35.9 Å². The van der Waals surface area contributed by atoms with Crippen LogP contribution in [0.1, 0.15) is 73.1 Å². The van der Waals surface area contributed by atoms with E-state index in [0.717, 1.165) is 12.8 Å². The predicted octanol–water partition coefficient (Wildman–Crippen LogP) is 3.97. The maximum absolute atomic E-state index is 12.8. The smallest absolute Gasteiger partial charge is 0.326 e. The zero-order valence-electron chi connectivity index (χ0n) is 16.9. The minimum absolute atomic E-state index is 0.0240. The molecule has 1 fully saturated rings. The van der Waals surface area contributed by atoms with E-state index in [1.54, 1.807) is 6.08 Å². The predicted molar refractivity (Wildman–Crippen MR) is 103 cm³/mol. The molecule has 0 saturated heterocycles. The van der Waals surface area contributed by atoms with Crippen LogP contribution in [0.2, 0.25) is 0 Å². The molecule has 1 saturated carbocycles. The van der Waals surface area contributed by atoms with Crippen molar-refractivity contribution in [1.82, 2.24) is 5.32 Å². The normalized spacial score (nSPS) is 19.1. The molecule has 0 aliphatic heterocycles. The van der Waals surface area contributed by atoms with Crippen LogP contribution in [-0.2, 0) is 14.4 Å². The fourth-order valence-corrected chi connectivity index (χ4v) is 3.62. The molecule has 148 valence electrons. The third kappa shape index (κ3) is 6.58. The summed E-state index contributed by atoms with van der Waals surface area (Å²) in [6.45, 7) is 13.7. The van der Waals surface area contributed by atoms with E-state index in [2.05, 4.69) is 32.7 Å². The Hall–Kier alpha value is -1.65. The molecule has 0 radical (unpaired) electrons. The van der Waals surface area contributed by atoms with E-state index in [4.69, 9.17) is 0 Å². The molecule has 5 nitrogen and oxygen atoms in total. The number of aliphatic carboxylic acids is 1. The van der Waals surface area contributed by atoms with Gasteiger partial charge in [-0.1, -0.05) is 40.7 Å². The number of carbonyl (C=O) groups excluding carboxylic acids is 2. The summed E-state index contributed by atoms with van der Waals surface area (Å²) in [7, 11) is 0. The number of nitrogens with one attached hydrogen (secondary N) is 1. The summed E-state index contributed by atoms with van der Waals surface area (Å²) in [5, 5.41) is 12.1. The summed E-state index contributed by atoms with van der Waals surface area (Å²) in [5.74, 6) is -1.13. The Kier molecular flexibility index (Phi) is 7.60. The van der Waals surface area contributed by atoms with Crippen LogP contribution >= 0.6 is 0 Å². The van der Waals surface area contributed by atoms with E-state index in [9.17, 15) is 19.5 Å². The Bertz CT molecular complexity index is 545. The van der Waals surface area contributed by atoms with Gasteiger partial charge in [0.15, 0.2) is 0 Å². The van der Waals surface area contributed by atoms with Crippen molar-refractivity contribution in [2.24, 2.45) is 22.7 Å². The van der Waals surface area contributed by atoms with Gasteiger partial charge in [-0.05, 0) is 43.4 Å². The van der Waals surface area contributed by atoms with Crippen LogP contribution in [0.4, 0.5) is 0 Å². The second-order valence-corrected chi connectivity index (χ2v) is 9.12. The van der Waals surface area contributed by atoms with Crippen LogP contribution in [0, 0.1) is 22.7 Å². The van der Waals surface area contributed by atoms with Gasteiger partial charge in [0.25, 0.3) is 0 Å². The number of amides is 1. The molecule has 5 heteroatoms. The highest BCUT2D eigenvalue weighted by atomic mass is 16.4. The molecular weight excluding hydrogens is 330 g/mol. The monoisotopic (exact) mass is 365 g/mol. The van der Waals surface area contributed by atoms with Crippen LogP contribution in [0.3, 0.4) is 0 Å². The molecule has 1 amide bonds. The van der Waals surface area contributed by atoms with Crippen LogP contribution in [-0.4, -0.2) is 28.8 Å². The van der Waals surface area contributed by atoms with Gasteiger partial charge in [0.05, 0.1) is 0 Å². The molecule has 26 heavy (non-hydrogen) atoms. The van der Waals surface area contributed by atoms with E-state index in [1.807, 2.05) is 13.8 Å². The molecule has 1 aliphatic rings. The van der Waals surface area contributed by atoms with Crippen LogP contribution in [0.15, 0.2) is 12.7 Å².